The van der Waals surface area contributed by atoms with Gasteiger partial charge in [-0.1, -0.05) is 11.6 Å². The molecule has 0 atom stereocenters. The minimum atomic E-state index is -4.37. The molecule has 0 aromatic heterocycles. The fourth-order valence-corrected chi connectivity index (χ4v) is 1.47. The summed E-state index contributed by atoms with van der Waals surface area (Å²) < 4.78 is 61.8. The molecule has 100 valence electrons. The molecular formula is C11H8ClF5O. The van der Waals surface area contributed by atoms with Crippen molar-refractivity contribution >= 4 is 17.4 Å². The Hall–Kier alpha value is -1.17. The van der Waals surface area contributed by atoms with Crippen LogP contribution >= 0.6 is 11.6 Å². The van der Waals surface area contributed by atoms with Gasteiger partial charge in [0.15, 0.2) is 5.78 Å². The van der Waals surface area contributed by atoms with Crippen LogP contribution in [0.5, 0.6) is 0 Å². The number of Topliss-reactive ketones (excluding diaryl/α,β-unsaturated/α-hetero) is 1. The van der Waals surface area contributed by atoms with Crippen LogP contribution in [-0.2, 0) is 0 Å². The molecule has 0 heterocycles. The van der Waals surface area contributed by atoms with Gasteiger partial charge in [0.1, 0.15) is 11.6 Å². The lowest BCUT2D eigenvalue weighted by Gasteiger charge is -2.06. The van der Waals surface area contributed by atoms with Crippen molar-refractivity contribution in [3.8, 4) is 0 Å². The fraction of sp³-hybridized carbons (Fsp3) is 0.364. The lowest BCUT2D eigenvalue weighted by molar-refractivity contribution is -0.135. The summed E-state index contributed by atoms with van der Waals surface area (Å²) in [5.41, 5.74) is -0.584. The van der Waals surface area contributed by atoms with Crippen molar-refractivity contribution in [1.82, 2.24) is 0 Å². The summed E-state index contributed by atoms with van der Waals surface area (Å²) in [7, 11) is 0. The Morgan fingerprint density at radius 3 is 2.33 bits per heavy atom. The number of hydrogen-bond acceptors (Lipinski definition) is 1. The van der Waals surface area contributed by atoms with E-state index in [1.54, 1.807) is 0 Å². The summed E-state index contributed by atoms with van der Waals surface area (Å²) in [5, 5.41) is -0.487. The molecule has 1 nitrogen and oxygen atoms in total. The molecule has 0 fully saturated rings. The molecular weight excluding hydrogens is 279 g/mol. The summed E-state index contributed by atoms with van der Waals surface area (Å²) in [6, 6.07) is 1.21. The molecule has 18 heavy (non-hydrogen) atoms. The molecule has 0 aliphatic carbocycles. The van der Waals surface area contributed by atoms with Crippen LogP contribution in [0.25, 0.3) is 0 Å². The SMILES string of the molecule is O=C(CCCC(F)(F)F)c1cc(F)c(Cl)cc1F. The van der Waals surface area contributed by atoms with Crippen molar-refractivity contribution in [3.63, 3.8) is 0 Å². The molecule has 0 amide bonds. The Balaban J connectivity index is 2.70. The molecule has 0 aliphatic rings. The van der Waals surface area contributed by atoms with Crippen molar-refractivity contribution in [2.75, 3.05) is 0 Å². The highest BCUT2D eigenvalue weighted by molar-refractivity contribution is 6.30. The van der Waals surface area contributed by atoms with Crippen LogP contribution in [0.4, 0.5) is 22.0 Å². The Kier molecular flexibility index (Phi) is 4.67. The predicted octanol–water partition coefficient (Wildman–Crippen LogP) is 4.53. The number of carbonyl (C=O) groups excluding carboxylic acids is 1. The van der Waals surface area contributed by atoms with E-state index in [9.17, 15) is 26.7 Å². The van der Waals surface area contributed by atoms with Crippen LogP contribution in [0.3, 0.4) is 0 Å². The summed E-state index contributed by atoms with van der Waals surface area (Å²) in [6.45, 7) is 0. The third-order valence-corrected chi connectivity index (χ3v) is 2.46. The van der Waals surface area contributed by atoms with Crippen molar-refractivity contribution in [1.29, 1.82) is 0 Å². The minimum absolute atomic E-state index is 0.466. The molecule has 7 heteroatoms. The van der Waals surface area contributed by atoms with E-state index in [-0.39, 0.29) is 0 Å². The highest BCUT2D eigenvalue weighted by atomic mass is 35.5. The molecule has 0 unspecified atom stereocenters. The van der Waals surface area contributed by atoms with E-state index < -0.39 is 53.4 Å². The zero-order valence-electron chi connectivity index (χ0n) is 8.95. The van der Waals surface area contributed by atoms with Crippen LogP contribution in [-0.4, -0.2) is 12.0 Å². The van der Waals surface area contributed by atoms with E-state index in [0.29, 0.717) is 12.1 Å². The maximum Gasteiger partial charge on any atom is 0.389 e. The minimum Gasteiger partial charge on any atom is -0.294 e. The predicted molar refractivity (Wildman–Crippen MR) is 55.6 cm³/mol. The normalized spacial score (nSPS) is 11.7. The first-order valence-electron chi connectivity index (χ1n) is 4.95. The average Bonchev–Trinajstić information content (AvgIpc) is 2.21. The average molecular weight is 287 g/mol. The number of carbonyl (C=O) groups is 1. The molecule has 1 aromatic carbocycles. The van der Waals surface area contributed by atoms with E-state index in [0.717, 1.165) is 0 Å². The molecule has 0 spiro atoms. The number of halogens is 6. The van der Waals surface area contributed by atoms with Crippen LogP contribution in [0, 0.1) is 11.6 Å². The number of benzene rings is 1. The maximum atomic E-state index is 13.2. The van der Waals surface area contributed by atoms with E-state index in [1.807, 2.05) is 0 Å². The molecule has 1 aromatic rings. The fourth-order valence-electron chi connectivity index (χ4n) is 1.32. The lowest BCUT2D eigenvalue weighted by atomic mass is 10.0. The van der Waals surface area contributed by atoms with E-state index in [1.165, 1.54) is 0 Å². The first-order valence-corrected chi connectivity index (χ1v) is 5.33. The Morgan fingerprint density at radius 1 is 1.17 bits per heavy atom. The molecule has 1 rings (SSSR count). The van der Waals surface area contributed by atoms with Gasteiger partial charge in [-0.05, 0) is 18.6 Å². The quantitative estimate of drug-likeness (QED) is 0.451. The molecule has 0 bridgehead atoms. The van der Waals surface area contributed by atoms with Gasteiger partial charge in [-0.2, -0.15) is 13.2 Å². The highest BCUT2D eigenvalue weighted by Gasteiger charge is 2.27. The van der Waals surface area contributed by atoms with E-state index in [2.05, 4.69) is 0 Å². The van der Waals surface area contributed by atoms with Crippen molar-refractivity contribution in [2.45, 2.75) is 25.4 Å². The Morgan fingerprint density at radius 2 is 1.78 bits per heavy atom. The van der Waals surface area contributed by atoms with Crippen LogP contribution in [0.2, 0.25) is 5.02 Å². The highest BCUT2D eigenvalue weighted by Crippen LogP contribution is 2.24. The van der Waals surface area contributed by atoms with Gasteiger partial charge in [0.25, 0.3) is 0 Å². The number of rotatable bonds is 4. The molecule has 0 aliphatic heterocycles. The lowest BCUT2D eigenvalue weighted by Crippen LogP contribution is -2.09. The Labute approximate surface area is 105 Å². The number of alkyl halides is 3. The monoisotopic (exact) mass is 286 g/mol. The number of hydrogen-bond donors (Lipinski definition) is 0. The van der Waals surface area contributed by atoms with Crippen molar-refractivity contribution in [2.24, 2.45) is 0 Å². The standard InChI is InChI=1S/C11H8ClF5O/c12-7-5-8(13)6(4-9(7)14)10(18)2-1-3-11(15,16)17/h4-5H,1-3H2. The smallest absolute Gasteiger partial charge is 0.294 e. The van der Waals surface area contributed by atoms with Gasteiger partial charge < -0.3 is 0 Å². The molecule has 0 saturated heterocycles. The van der Waals surface area contributed by atoms with Gasteiger partial charge in [-0.3, -0.25) is 4.79 Å². The summed E-state index contributed by atoms with van der Waals surface area (Å²) >= 11 is 5.28. The second kappa shape index (κ2) is 5.65. The van der Waals surface area contributed by atoms with Gasteiger partial charge in [-0.25, -0.2) is 8.78 Å². The zero-order chi connectivity index (χ0) is 13.9. The first kappa shape index (κ1) is 14.9. The van der Waals surface area contributed by atoms with Crippen molar-refractivity contribution in [3.05, 3.63) is 34.4 Å². The Bertz CT molecular complexity index is 455. The zero-order valence-corrected chi connectivity index (χ0v) is 9.71. The number of ketones is 1. The maximum absolute atomic E-state index is 13.2. The second-order valence-corrected chi connectivity index (χ2v) is 4.05. The van der Waals surface area contributed by atoms with Crippen molar-refractivity contribution < 1.29 is 26.7 Å². The van der Waals surface area contributed by atoms with Gasteiger partial charge in [-0.15, -0.1) is 0 Å². The summed E-state index contributed by atoms with van der Waals surface area (Å²) in [5.74, 6) is -2.91. The van der Waals surface area contributed by atoms with Crippen LogP contribution < -0.4 is 0 Å². The summed E-state index contributed by atoms with van der Waals surface area (Å²) in [4.78, 5) is 11.4. The molecule has 0 saturated carbocycles. The van der Waals surface area contributed by atoms with Gasteiger partial charge >= 0.3 is 6.18 Å². The van der Waals surface area contributed by atoms with Gasteiger partial charge in [0, 0.05) is 12.8 Å². The third kappa shape index (κ3) is 4.25. The topological polar surface area (TPSA) is 17.1 Å². The second-order valence-electron chi connectivity index (χ2n) is 3.64. The summed E-state index contributed by atoms with van der Waals surface area (Å²) in [6.07, 6.45) is -6.48. The van der Waals surface area contributed by atoms with E-state index >= 15 is 0 Å². The van der Waals surface area contributed by atoms with Crippen LogP contribution in [0.1, 0.15) is 29.6 Å². The van der Waals surface area contributed by atoms with Crippen LogP contribution in [0.15, 0.2) is 12.1 Å². The largest absolute Gasteiger partial charge is 0.389 e. The first-order chi connectivity index (χ1) is 8.20. The van der Waals surface area contributed by atoms with Gasteiger partial charge in [0.2, 0.25) is 0 Å². The van der Waals surface area contributed by atoms with Gasteiger partial charge in [0.05, 0.1) is 10.6 Å². The third-order valence-electron chi connectivity index (χ3n) is 2.17. The van der Waals surface area contributed by atoms with E-state index in [4.69, 9.17) is 11.6 Å². The molecule has 0 N–H and O–H groups in total. The molecule has 0 radical (unpaired) electrons.